The lowest BCUT2D eigenvalue weighted by Crippen LogP contribution is -2.29. The lowest BCUT2D eigenvalue weighted by atomic mass is 9.90. The number of methoxy groups -OCH3 is 2. The monoisotopic (exact) mass is 410 g/mol. The van der Waals surface area contributed by atoms with Gasteiger partial charge in [0, 0.05) is 34.7 Å². The second-order valence-corrected chi connectivity index (χ2v) is 7.61. The maximum absolute atomic E-state index is 10.3. The Morgan fingerprint density at radius 3 is 1.50 bits per heavy atom. The maximum Gasteiger partial charge on any atom is 0.128 e. The second-order valence-electron chi connectivity index (χ2n) is 7.61. The molecule has 0 aromatic heterocycles. The van der Waals surface area contributed by atoms with Crippen molar-refractivity contribution in [2.24, 2.45) is 9.98 Å². The smallest absolute Gasteiger partial charge is 0.128 e. The van der Waals surface area contributed by atoms with Crippen LogP contribution in [0.4, 0.5) is 0 Å². The lowest BCUT2D eigenvalue weighted by Gasteiger charge is -2.27. The van der Waals surface area contributed by atoms with Crippen molar-refractivity contribution in [3.05, 3.63) is 47.5 Å². The van der Waals surface area contributed by atoms with Crippen molar-refractivity contribution in [2.45, 2.75) is 51.6 Å². The van der Waals surface area contributed by atoms with E-state index < -0.39 is 0 Å². The van der Waals surface area contributed by atoms with E-state index in [1.54, 1.807) is 26.4 Å². The Morgan fingerprint density at radius 1 is 0.767 bits per heavy atom. The molecule has 2 N–H and O–H groups in total. The average molecular weight is 411 g/mol. The van der Waals surface area contributed by atoms with E-state index in [2.05, 4.69) is 0 Å². The van der Waals surface area contributed by atoms with Crippen LogP contribution >= 0.6 is 0 Å². The van der Waals surface area contributed by atoms with E-state index in [-0.39, 0.29) is 23.6 Å². The maximum atomic E-state index is 10.3. The van der Waals surface area contributed by atoms with Gasteiger partial charge in [0.05, 0.1) is 26.3 Å². The summed E-state index contributed by atoms with van der Waals surface area (Å²) in [7, 11) is 3.14. The molecule has 0 amide bonds. The predicted molar refractivity (Wildman–Crippen MR) is 120 cm³/mol. The molecule has 0 radical (unpaired) electrons. The average Bonchev–Trinajstić information content (AvgIpc) is 2.74. The summed E-state index contributed by atoms with van der Waals surface area (Å²) in [4.78, 5) is 9.85. The zero-order chi connectivity index (χ0) is 21.7. The van der Waals surface area contributed by atoms with Gasteiger partial charge in [-0.1, -0.05) is 12.8 Å². The van der Waals surface area contributed by atoms with E-state index in [0.29, 0.717) is 22.6 Å². The molecule has 160 valence electrons. The highest BCUT2D eigenvalue weighted by molar-refractivity contribution is 6.02. The Labute approximate surface area is 177 Å². The van der Waals surface area contributed by atoms with Crippen LogP contribution in [0.3, 0.4) is 0 Å². The van der Waals surface area contributed by atoms with E-state index >= 15 is 0 Å². The number of hydrogen-bond donors (Lipinski definition) is 2. The van der Waals surface area contributed by atoms with Crippen LogP contribution in [0.15, 0.2) is 46.4 Å². The van der Waals surface area contributed by atoms with Crippen molar-refractivity contribution in [1.82, 2.24) is 0 Å². The van der Waals surface area contributed by atoms with Crippen LogP contribution in [0.1, 0.15) is 50.7 Å². The molecule has 1 fully saturated rings. The number of aromatic hydroxyl groups is 2. The van der Waals surface area contributed by atoms with Crippen LogP contribution in [0, 0.1) is 0 Å². The Hall–Kier alpha value is -3.02. The van der Waals surface area contributed by atoms with Crippen LogP contribution in [0.5, 0.6) is 23.0 Å². The molecule has 1 aliphatic rings. The minimum absolute atomic E-state index is 0.0376. The molecule has 6 nitrogen and oxygen atoms in total. The van der Waals surface area contributed by atoms with Gasteiger partial charge < -0.3 is 19.7 Å². The fraction of sp³-hybridized carbons (Fsp3) is 0.417. The van der Waals surface area contributed by atoms with Crippen LogP contribution in [0.25, 0.3) is 0 Å². The number of phenolic OH excluding ortho intramolecular Hbond substituents is 2. The number of hydrogen-bond acceptors (Lipinski definition) is 6. The topological polar surface area (TPSA) is 83.6 Å². The molecule has 1 saturated carbocycles. The van der Waals surface area contributed by atoms with Gasteiger partial charge in [-0.2, -0.15) is 0 Å². The van der Waals surface area contributed by atoms with Crippen molar-refractivity contribution < 1.29 is 19.7 Å². The number of rotatable bonds is 6. The highest BCUT2D eigenvalue weighted by Crippen LogP contribution is 2.29. The molecule has 0 saturated heterocycles. The Kier molecular flexibility index (Phi) is 6.98. The largest absolute Gasteiger partial charge is 0.507 e. The molecular formula is C24H30N2O4. The summed E-state index contributed by atoms with van der Waals surface area (Å²) < 4.78 is 10.3. The van der Waals surface area contributed by atoms with Crippen molar-refractivity contribution in [3.8, 4) is 23.0 Å². The van der Waals surface area contributed by atoms with Gasteiger partial charge in [-0.3, -0.25) is 9.98 Å². The normalized spacial score (nSPS) is 20.1. The quantitative estimate of drug-likeness (QED) is 0.674. The van der Waals surface area contributed by atoms with Crippen molar-refractivity contribution in [2.75, 3.05) is 14.2 Å². The van der Waals surface area contributed by atoms with E-state index in [1.165, 1.54) is 0 Å². The molecule has 2 atom stereocenters. The summed E-state index contributed by atoms with van der Waals surface area (Å²) in [6, 6.07) is 10.6. The van der Waals surface area contributed by atoms with E-state index in [0.717, 1.165) is 37.1 Å². The number of phenols is 2. The van der Waals surface area contributed by atoms with Gasteiger partial charge in [-0.25, -0.2) is 0 Å². The predicted octanol–water partition coefficient (Wildman–Crippen LogP) is 4.74. The molecule has 2 aromatic carbocycles. The molecule has 0 bridgehead atoms. The van der Waals surface area contributed by atoms with Gasteiger partial charge in [0.2, 0.25) is 0 Å². The Morgan fingerprint density at radius 2 is 1.17 bits per heavy atom. The molecule has 1 aliphatic carbocycles. The standard InChI is InChI=1S/C24H30N2O4/c1-15(19-11-9-17(29-3)13-23(19)27)25-21-7-5-6-8-22(21)26-16(2)20-12-10-18(30-4)14-24(20)28/h9-14,21-22,27-28H,5-8H2,1-4H3. The highest BCUT2D eigenvalue weighted by atomic mass is 16.5. The summed E-state index contributed by atoms with van der Waals surface area (Å²) in [6.45, 7) is 3.83. The van der Waals surface area contributed by atoms with Gasteiger partial charge in [0.1, 0.15) is 23.0 Å². The lowest BCUT2D eigenvalue weighted by molar-refractivity contribution is 0.388. The Balaban J connectivity index is 1.86. The molecule has 0 aliphatic heterocycles. The van der Waals surface area contributed by atoms with Gasteiger partial charge in [0.15, 0.2) is 0 Å². The summed E-state index contributed by atoms with van der Waals surface area (Å²) in [5.41, 5.74) is 2.97. The van der Waals surface area contributed by atoms with Gasteiger partial charge in [-0.15, -0.1) is 0 Å². The molecular weight excluding hydrogens is 380 g/mol. The summed E-state index contributed by atoms with van der Waals surface area (Å²) in [5.74, 6) is 1.54. The molecule has 2 aromatic rings. The number of nitrogens with zero attached hydrogens (tertiary/aromatic N) is 2. The zero-order valence-electron chi connectivity index (χ0n) is 18.1. The van der Waals surface area contributed by atoms with Crippen LogP contribution in [-0.4, -0.2) is 47.9 Å². The third-order valence-corrected chi connectivity index (χ3v) is 5.60. The molecule has 30 heavy (non-hydrogen) atoms. The summed E-state index contributed by atoms with van der Waals surface area (Å²) in [5, 5.41) is 20.7. The second kappa shape index (κ2) is 9.65. The number of ether oxygens (including phenoxy) is 2. The van der Waals surface area contributed by atoms with Crippen molar-refractivity contribution in [1.29, 1.82) is 0 Å². The third kappa shape index (κ3) is 4.93. The minimum atomic E-state index is 0.0376. The molecule has 0 heterocycles. The highest BCUT2D eigenvalue weighted by Gasteiger charge is 2.25. The first-order valence-corrected chi connectivity index (χ1v) is 10.3. The van der Waals surface area contributed by atoms with Crippen LogP contribution in [0.2, 0.25) is 0 Å². The third-order valence-electron chi connectivity index (χ3n) is 5.60. The zero-order valence-corrected chi connectivity index (χ0v) is 18.1. The minimum Gasteiger partial charge on any atom is -0.507 e. The van der Waals surface area contributed by atoms with E-state index in [9.17, 15) is 10.2 Å². The van der Waals surface area contributed by atoms with Crippen LogP contribution in [-0.2, 0) is 0 Å². The first-order valence-electron chi connectivity index (χ1n) is 10.3. The van der Waals surface area contributed by atoms with Crippen LogP contribution < -0.4 is 9.47 Å². The molecule has 0 spiro atoms. The molecule has 2 unspecified atom stereocenters. The number of benzene rings is 2. The van der Waals surface area contributed by atoms with Gasteiger partial charge in [-0.05, 0) is 51.0 Å². The molecule has 6 heteroatoms. The van der Waals surface area contributed by atoms with Gasteiger partial charge >= 0.3 is 0 Å². The fourth-order valence-corrected chi connectivity index (χ4v) is 3.92. The first kappa shape index (κ1) is 21.7. The van der Waals surface area contributed by atoms with E-state index in [1.807, 2.05) is 38.1 Å². The van der Waals surface area contributed by atoms with Gasteiger partial charge in [0.25, 0.3) is 0 Å². The van der Waals surface area contributed by atoms with Crippen molar-refractivity contribution in [3.63, 3.8) is 0 Å². The first-order chi connectivity index (χ1) is 14.4. The molecule has 3 rings (SSSR count). The SMILES string of the molecule is COc1ccc(C(C)=NC2CCCCC2N=C(C)c2ccc(OC)cc2O)c(O)c1. The summed E-state index contributed by atoms with van der Waals surface area (Å²) in [6.07, 6.45) is 4.11. The number of aliphatic imine (C=N–C) groups is 2. The van der Waals surface area contributed by atoms with E-state index in [4.69, 9.17) is 19.5 Å². The fourth-order valence-electron chi connectivity index (χ4n) is 3.92. The van der Waals surface area contributed by atoms with Crippen molar-refractivity contribution >= 4 is 11.4 Å². The summed E-state index contributed by atoms with van der Waals surface area (Å²) >= 11 is 0. The Bertz CT molecular complexity index is 875.